The smallest absolute Gasteiger partial charge is 0.238 e. The van der Waals surface area contributed by atoms with E-state index >= 15 is 0 Å². The van der Waals surface area contributed by atoms with Crippen LogP contribution < -0.4 is 15.5 Å². The Morgan fingerprint density at radius 2 is 2.03 bits per heavy atom. The number of carbonyl (C=O) groups is 1. The number of benzene rings is 1. The van der Waals surface area contributed by atoms with E-state index in [1.807, 2.05) is 6.07 Å². The highest BCUT2D eigenvalue weighted by Gasteiger charge is 2.43. The van der Waals surface area contributed by atoms with Crippen LogP contribution in [0.5, 0.6) is 0 Å². The summed E-state index contributed by atoms with van der Waals surface area (Å²) in [5.74, 6) is -0.0880. The summed E-state index contributed by atoms with van der Waals surface area (Å²) in [5, 5.41) is 15.7. The molecule has 3 fully saturated rings. The van der Waals surface area contributed by atoms with Crippen molar-refractivity contribution in [2.24, 2.45) is 5.92 Å². The minimum Gasteiger partial charge on any atom is -0.369 e. The summed E-state index contributed by atoms with van der Waals surface area (Å²) in [7, 11) is 0. The summed E-state index contributed by atoms with van der Waals surface area (Å²) >= 11 is 0. The summed E-state index contributed by atoms with van der Waals surface area (Å²) in [4.78, 5) is 17.3. The van der Waals surface area contributed by atoms with Crippen molar-refractivity contribution in [3.63, 3.8) is 0 Å². The number of anilines is 1. The Labute approximate surface area is 184 Å². The molecule has 1 saturated carbocycles. The fraction of sp³-hybridized carbons (Fsp3) is 0.667. The summed E-state index contributed by atoms with van der Waals surface area (Å²) in [5.41, 5.74) is 1.48. The summed E-state index contributed by atoms with van der Waals surface area (Å²) in [6.07, 6.45) is 3.40. The second-order valence-corrected chi connectivity index (χ2v) is 10.2. The number of piperidine rings is 1. The normalized spacial score (nSPS) is 27.2. The van der Waals surface area contributed by atoms with Crippen molar-refractivity contribution in [2.45, 2.75) is 70.1 Å². The van der Waals surface area contributed by atoms with E-state index in [1.54, 1.807) is 12.1 Å². The number of carbonyl (C=O) groups excluding carboxylic acids is 1. The molecule has 0 radical (unpaired) electrons. The Balaban J connectivity index is 1.34. The van der Waals surface area contributed by atoms with Crippen LogP contribution in [-0.2, 0) is 11.2 Å². The first kappa shape index (κ1) is 22.0. The van der Waals surface area contributed by atoms with Gasteiger partial charge in [0.2, 0.25) is 5.91 Å². The molecule has 4 atom stereocenters. The van der Waals surface area contributed by atoms with Gasteiger partial charge in [0.15, 0.2) is 0 Å². The van der Waals surface area contributed by atoms with Crippen LogP contribution in [0, 0.1) is 23.1 Å². The van der Waals surface area contributed by atoms with Gasteiger partial charge in [-0.15, -0.1) is 0 Å². The molecule has 7 heteroatoms. The van der Waals surface area contributed by atoms with Crippen molar-refractivity contribution in [1.82, 2.24) is 15.5 Å². The van der Waals surface area contributed by atoms with E-state index in [1.165, 1.54) is 0 Å². The Morgan fingerprint density at radius 3 is 2.58 bits per heavy atom. The molecule has 1 aliphatic carbocycles. The second kappa shape index (κ2) is 8.76. The number of rotatable bonds is 5. The number of hydrogen-bond donors (Lipinski definition) is 2. The van der Waals surface area contributed by atoms with E-state index in [4.69, 9.17) is 0 Å². The average Bonchev–Trinajstić information content (AvgIpc) is 3.37. The summed E-state index contributed by atoms with van der Waals surface area (Å²) in [6.45, 7) is 10.3. The van der Waals surface area contributed by atoms with Crippen LogP contribution in [0.15, 0.2) is 18.2 Å². The quantitative estimate of drug-likeness (QED) is 0.755. The van der Waals surface area contributed by atoms with Crippen LogP contribution in [0.1, 0.15) is 45.6 Å². The maximum absolute atomic E-state index is 14.9. The lowest BCUT2D eigenvalue weighted by Gasteiger charge is -2.43. The van der Waals surface area contributed by atoms with Gasteiger partial charge >= 0.3 is 0 Å². The van der Waals surface area contributed by atoms with Crippen molar-refractivity contribution in [3.8, 4) is 6.07 Å². The highest BCUT2D eigenvalue weighted by Crippen LogP contribution is 2.35. The van der Waals surface area contributed by atoms with E-state index in [9.17, 15) is 14.4 Å². The van der Waals surface area contributed by atoms with E-state index in [0.717, 1.165) is 51.1 Å². The molecular formula is C24H34FN5O. The van der Waals surface area contributed by atoms with Gasteiger partial charge in [-0.3, -0.25) is 9.69 Å². The lowest BCUT2D eigenvalue weighted by Crippen LogP contribution is -2.53. The number of fused-ring (bicyclic) bond motifs is 2. The van der Waals surface area contributed by atoms with Crippen molar-refractivity contribution in [3.05, 3.63) is 29.6 Å². The molecule has 2 heterocycles. The third kappa shape index (κ3) is 4.86. The van der Waals surface area contributed by atoms with E-state index in [0.29, 0.717) is 17.5 Å². The zero-order chi connectivity index (χ0) is 22.2. The van der Waals surface area contributed by atoms with Gasteiger partial charge in [0.25, 0.3) is 0 Å². The molecule has 31 heavy (non-hydrogen) atoms. The number of halogens is 1. The molecule has 3 aliphatic rings. The average molecular weight is 428 g/mol. The van der Waals surface area contributed by atoms with Gasteiger partial charge in [0, 0.05) is 49.9 Å². The molecular weight excluding hydrogens is 393 g/mol. The monoisotopic (exact) mass is 427 g/mol. The van der Waals surface area contributed by atoms with Crippen LogP contribution in [0.3, 0.4) is 0 Å². The van der Waals surface area contributed by atoms with Crippen molar-refractivity contribution < 1.29 is 9.18 Å². The van der Waals surface area contributed by atoms with E-state index in [-0.39, 0.29) is 29.7 Å². The number of nitrogens with one attached hydrogen (secondary N) is 2. The SMILES string of the molecule is CC(C)(C)N1CCN(c2ccc(C[C@@H](C#N)NC(=O)C3NC4CCC3C4)c(F)c2)CC1. The molecule has 6 nitrogen and oxygen atoms in total. The first-order valence-corrected chi connectivity index (χ1v) is 11.5. The molecule has 1 aromatic carbocycles. The Bertz CT molecular complexity index is 853. The minimum atomic E-state index is -0.732. The minimum absolute atomic E-state index is 0.132. The summed E-state index contributed by atoms with van der Waals surface area (Å²) in [6, 6.07) is 6.86. The molecule has 1 amide bonds. The molecule has 0 spiro atoms. The predicted octanol–water partition coefficient (Wildman–Crippen LogP) is 2.44. The van der Waals surface area contributed by atoms with Crippen LogP contribution in [0.25, 0.3) is 0 Å². The third-order valence-corrected chi connectivity index (χ3v) is 7.17. The van der Waals surface area contributed by atoms with Crippen LogP contribution in [0.2, 0.25) is 0 Å². The van der Waals surface area contributed by atoms with Crippen molar-refractivity contribution in [1.29, 1.82) is 5.26 Å². The highest BCUT2D eigenvalue weighted by molar-refractivity contribution is 5.83. The van der Waals surface area contributed by atoms with Crippen molar-refractivity contribution in [2.75, 3.05) is 31.1 Å². The van der Waals surface area contributed by atoms with Gasteiger partial charge in [0.1, 0.15) is 11.9 Å². The zero-order valence-electron chi connectivity index (χ0n) is 18.8. The topological polar surface area (TPSA) is 71.4 Å². The fourth-order valence-corrected chi connectivity index (χ4v) is 5.29. The number of piperazine rings is 1. The zero-order valence-corrected chi connectivity index (χ0v) is 18.8. The lowest BCUT2D eigenvalue weighted by molar-refractivity contribution is -0.124. The molecule has 2 N–H and O–H groups in total. The number of hydrogen-bond acceptors (Lipinski definition) is 5. The van der Waals surface area contributed by atoms with Crippen LogP contribution in [-0.4, -0.2) is 60.7 Å². The number of amides is 1. The van der Waals surface area contributed by atoms with Gasteiger partial charge in [-0.2, -0.15) is 5.26 Å². The van der Waals surface area contributed by atoms with Gasteiger partial charge in [-0.25, -0.2) is 4.39 Å². The second-order valence-electron chi connectivity index (χ2n) is 10.2. The largest absolute Gasteiger partial charge is 0.369 e. The van der Waals surface area contributed by atoms with Gasteiger partial charge < -0.3 is 15.5 Å². The first-order chi connectivity index (χ1) is 14.7. The lowest BCUT2D eigenvalue weighted by atomic mass is 9.98. The van der Waals surface area contributed by atoms with Crippen molar-refractivity contribution >= 4 is 11.6 Å². The third-order valence-electron chi connectivity index (χ3n) is 7.17. The molecule has 0 aromatic heterocycles. The Kier molecular flexibility index (Phi) is 6.23. The molecule has 168 valence electrons. The fourth-order valence-electron chi connectivity index (χ4n) is 5.29. The highest BCUT2D eigenvalue weighted by atomic mass is 19.1. The van der Waals surface area contributed by atoms with Crippen LogP contribution >= 0.6 is 0 Å². The van der Waals surface area contributed by atoms with Gasteiger partial charge in [-0.05, 0) is 63.6 Å². The van der Waals surface area contributed by atoms with E-state index < -0.39 is 6.04 Å². The molecule has 4 rings (SSSR count). The van der Waals surface area contributed by atoms with Crippen LogP contribution in [0.4, 0.5) is 10.1 Å². The number of nitrogens with zero attached hydrogens (tertiary/aromatic N) is 3. The molecule has 1 aromatic rings. The molecule has 2 bridgehead atoms. The maximum atomic E-state index is 14.9. The van der Waals surface area contributed by atoms with E-state index in [2.05, 4.69) is 47.3 Å². The molecule has 3 unspecified atom stereocenters. The number of nitriles is 1. The molecule has 2 aliphatic heterocycles. The predicted molar refractivity (Wildman–Crippen MR) is 119 cm³/mol. The molecule has 2 saturated heterocycles. The first-order valence-electron chi connectivity index (χ1n) is 11.5. The maximum Gasteiger partial charge on any atom is 0.238 e. The Morgan fingerprint density at radius 1 is 1.29 bits per heavy atom. The summed E-state index contributed by atoms with van der Waals surface area (Å²) < 4.78 is 14.9. The Hall–Kier alpha value is -2.17. The van der Waals surface area contributed by atoms with Gasteiger partial charge in [-0.1, -0.05) is 6.07 Å². The standard InChI is InChI=1S/C24H34FN5O/c1-24(2,3)30-10-8-29(9-11-30)20-7-5-16(21(25)14-20)12-19(15-26)28-23(31)22-17-4-6-18(13-17)27-22/h5,7,14,17-19,22,27H,4,6,8-13H2,1-3H3,(H,28,31)/t17?,18?,19-,22?/m0/s1. The van der Waals surface area contributed by atoms with Gasteiger partial charge in [0.05, 0.1) is 12.1 Å².